The first-order valence-electron chi connectivity index (χ1n) is 9.33. The van der Waals surface area contributed by atoms with E-state index in [1.54, 1.807) is 30.3 Å². The maximum atomic E-state index is 12.5. The fraction of sp³-hybridized carbons (Fsp3) is 0.0833. The molecule has 1 amide bonds. The van der Waals surface area contributed by atoms with Gasteiger partial charge in [-0.2, -0.15) is 5.26 Å². The topological polar surface area (TPSA) is 71.3 Å². The molecule has 162 valence electrons. The summed E-state index contributed by atoms with van der Waals surface area (Å²) < 4.78 is 12.3. The Morgan fingerprint density at radius 3 is 2.56 bits per heavy atom. The van der Waals surface area contributed by atoms with Gasteiger partial charge in [0.15, 0.2) is 11.5 Å². The molecule has 3 aromatic carbocycles. The molecule has 8 heteroatoms. The van der Waals surface area contributed by atoms with E-state index in [0.717, 1.165) is 10.0 Å². The van der Waals surface area contributed by atoms with E-state index in [2.05, 4.69) is 21.2 Å². The van der Waals surface area contributed by atoms with Crippen molar-refractivity contribution in [1.82, 2.24) is 0 Å². The number of hydrogen-bond donors (Lipinski definition) is 1. The van der Waals surface area contributed by atoms with Crippen molar-refractivity contribution >= 4 is 56.8 Å². The molecule has 0 aliphatic heterocycles. The molecular formula is C24H17BrCl2N2O3. The smallest absolute Gasteiger partial charge is 0.266 e. The molecule has 0 fully saturated rings. The second-order valence-electron chi connectivity index (χ2n) is 6.54. The van der Waals surface area contributed by atoms with Crippen LogP contribution in [-0.2, 0) is 11.4 Å². The second kappa shape index (κ2) is 11.1. The van der Waals surface area contributed by atoms with E-state index in [1.807, 2.05) is 30.3 Å². The van der Waals surface area contributed by atoms with Gasteiger partial charge in [-0.1, -0.05) is 63.4 Å². The van der Waals surface area contributed by atoms with E-state index in [0.29, 0.717) is 39.4 Å². The quantitative estimate of drug-likeness (QED) is 0.266. The number of nitrogens with zero attached hydrogens (tertiary/aromatic N) is 1. The van der Waals surface area contributed by atoms with Crippen LogP contribution in [-0.4, -0.2) is 13.0 Å². The number of hydrogen-bond acceptors (Lipinski definition) is 4. The molecule has 0 aromatic heterocycles. The van der Waals surface area contributed by atoms with Gasteiger partial charge in [0, 0.05) is 15.7 Å². The Morgan fingerprint density at radius 1 is 1.09 bits per heavy atom. The monoisotopic (exact) mass is 530 g/mol. The number of amides is 1. The highest BCUT2D eigenvalue weighted by Gasteiger charge is 2.12. The first-order valence-corrected chi connectivity index (χ1v) is 10.9. The molecule has 32 heavy (non-hydrogen) atoms. The van der Waals surface area contributed by atoms with Crippen molar-refractivity contribution in [3.63, 3.8) is 0 Å². The highest BCUT2D eigenvalue weighted by molar-refractivity contribution is 9.10. The Labute approximate surface area is 204 Å². The van der Waals surface area contributed by atoms with Crippen molar-refractivity contribution in [2.75, 3.05) is 12.4 Å². The van der Waals surface area contributed by atoms with Crippen molar-refractivity contribution < 1.29 is 14.3 Å². The van der Waals surface area contributed by atoms with E-state index in [1.165, 1.54) is 19.3 Å². The van der Waals surface area contributed by atoms with Crippen molar-refractivity contribution in [2.24, 2.45) is 0 Å². The Balaban J connectivity index is 1.76. The standard InChI is InChI=1S/C24H17BrCl2N2O3/c1-31-23-11-15(6-9-22(23)32-14-16-4-2-3-5-19(16)25)10-17(13-28)24(30)29-18-7-8-20(26)21(27)12-18/h2-12H,14H2,1H3,(H,29,30)/b17-10+. The predicted octanol–water partition coefficient (Wildman–Crippen LogP) is 6.89. The molecule has 3 aromatic rings. The fourth-order valence-electron chi connectivity index (χ4n) is 2.75. The van der Waals surface area contributed by atoms with Gasteiger partial charge in [-0.25, -0.2) is 0 Å². The lowest BCUT2D eigenvalue weighted by atomic mass is 10.1. The lowest BCUT2D eigenvalue weighted by Gasteiger charge is -2.12. The van der Waals surface area contributed by atoms with Gasteiger partial charge in [-0.05, 0) is 48.0 Å². The Hall–Kier alpha value is -2.98. The molecule has 0 atom stereocenters. The number of nitrogens with one attached hydrogen (secondary N) is 1. The first-order chi connectivity index (χ1) is 15.4. The van der Waals surface area contributed by atoms with E-state index in [9.17, 15) is 10.1 Å². The van der Waals surface area contributed by atoms with Crippen molar-refractivity contribution in [2.45, 2.75) is 6.61 Å². The van der Waals surface area contributed by atoms with Crippen molar-refractivity contribution in [3.8, 4) is 17.6 Å². The molecule has 0 aliphatic carbocycles. The SMILES string of the molecule is COc1cc(/C=C(\C#N)C(=O)Nc2ccc(Cl)c(Cl)c2)ccc1OCc1ccccc1Br. The molecule has 0 saturated carbocycles. The molecule has 0 unspecified atom stereocenters. The summed E-state index contributed by atoms with van der Waals surface area (Å²) >= 11 is 15.4. The zero-order chi connectivity index (χ0) is 23.1. The number of carbonyl (C=O) groups excluding carboxylic acids is 1. The number of anilines is 1. The number of benzene rings is 3. The summed E-state index contributed by atoms with van der Waals surface area (Å²) in [5.41, 5.74) is 1.94. The van der Waals surface area contributed by atoms with Gasteiger partial charge in [0.05, 0.1) is 17.2 Å². The highest BCUT2D eigenvalue weighted by atomic mass is 79.9. The van der Waals surface area contributed by atoms with Gasteiger partial charge in [0.1, 0.15) is 18.2 Å². The van der Waals surface area contributed by atoms with Crippen LogP contribution in [0.2, 0.25) is 10.0 Å². The summed E-state index contributed by atoms with van der Waals surface area (Å²) in [4.78, 5) is 12.5. The average Bonchev–Trinajstić information content (AvgIpc) is 2.79. The Bertz CT molecular complexity index is 1220. The number of methoxy groups -OCH3 is 1. The Kier molecular flexibility index (Phi) is 8.18. The van der Waals surface area contributed by atoms with Crippen LogP contribution in [0.25, 0.3) is 6.08 Å². The molecule has 0 bridgehead atoms. The number of carbonyl (C=O) groups is 1. The lowest BCUT2D eigenvalue weighted by molar-refractivity contribution is -0.112. The third-order valence-electron chi connectivity index (χ3n) is 4.38. The maximum Gasteiger partial charge on any atom is 0.266 e. The molecule has 5 nitrogen and oxygen atoms in total. The van der Waals surface area contributed by atoms with Crippen molar-refractivity contribution in [1.29, 1.82) is 5.26 Å². The molecule has 0 saturated heterocycles. The number of ether oxygens (including phenoxy) is 2. The van der Waals surface area contributed by atoms with Crippen LogP contribution in [0.15, 0.2) is 70.7 Å². The third kappa shape index (κ3) is 6.04. The maximum absolute atomic E-state index is 12.5. The largest absolute Gasteiger partial charge is 0.493 e. The van der Waals surface area contributed by atoms with E-state index >= 15 is 0 Å². The van der Waals surface area contributed by atoms with Crippen LogP contribution < -0.4 is 14.8 Å². The van der Waals surface area contributed by atoms with Gasteiger partial charge in [0.25, 0.3) is 5.91 Å². The second-order valence-corrected chi connectivity index (χ2v) is 8.21. The number of halogens is 3. The van der Waals surface area contributed by atoms with E-state index in [4.69, 9.17) is 32.7 Å². The van der Waals surface area contributed by atoms with Gasteiger partial charge in [0.2, 0.25) is 0 Å². The fourth-order valence-corrected chi connectivity index (χ4v) is 3.45. The summed E-state index contributed by atoms with van der Waals surface area (Å²) in [7, 11) is 1.52. The van der Waals surface area contributed by atoms with Gasteiger partial charge >= 0.3 is 0 Å². The van der Waals surface area contributed by atoms with Crippen LogP contribution in [0.5, 0.6) is 11.5 Å². The van der Waals surface area contributed by atoms with Crippen LogP contribution >= 0.6 is 39.1 Å². The number of nitriles is 1. The van der Waals surface area contributed by atoms with E-state index in [-0.39, 0.29) is 5.57 Å². The minimum atomic E-state index is -0.570. The summed E-state index contributed by atoms with van der Waals surface area (Å²) in [6, 6.07) is 19.5. The average molecular weight is 532 g/mol. The van der Waals surface area contributed by atoms with Crippen LogP contribution in [0, 0.1) is 11.3 Å². The summed E-state index contributed by atoms with van der Waals surface area (Å²) in [5, 5.41) is 12.8. The normalized spacial score (nSPS) is 10.9. The molecule has 0 aliphatic rings. The Morgan fingerprint density at radius 2 is 1.88 bits per heavy atom. The molecule has 3 rings (SSSR count). The molecule has 0 heterocycles. The lowest BCUT2D eigenvalue weighted by Crippen LogP contribution is -2.13. The van der Waals surface area contributed by atoms with Gasteiger partial charge < -0.3 is 14.8 Å². The van der Waals surface area contributed by atoms with Gasteiger partial charge in [-0.3, -0.25) is 4.79 Å². The first kappa shape index (κ1) is 23.7. The van der Waals surface area contributed by atoms with Crippen LogP contribution in [0.4, 0.5) is 5.69 Å². The molecular weight excluding hydrogens is 515 g/mol. The minimum absolute atomic E-state index is 0.0833. The van der Waals surface area contributed by atoms with Crippen LogP contribution in [0.3, 0.4) is 0 Å². The summed E-state index contributed by atoms with van der Waals surface area (Å²) in [5.74, 6) is 0.450. The third-order valence-corrected chi connectivity index (χ3v) is 5.89. The van der Waals surface area contributed by atoms with Gasteiger partial charge in [-0.15, -0.1) is 0 Å². The van der Waals surface area contributed by atoms with Crippen molar-refractivity contribution in [3.05, 3.63) is 91.9 Å². The summed E-state index contributed by atoms with van der Waals surface area (Å²) in [6.45, 7) is 0.350. The summed E-state index contributed by atoms with van der Waals surface area (Å²) in [6.07, 6.45) is 1.47. The zero-order valence-corrected chi connectivity index (χ0v) is 20.0. The molecule has 0 radical (unpaired) electrons. The molecule has 0 spiro atoms. The highest BCUT2D eigenvalue weighted by Crippen LogP contribution is 2.31. The number of rotatable bonds is 7. The minimum Gasteiger partial charge on any atom is -0.493 e. The predicted molar refractivity (Wildman–Crippen MR) is 130 cm³/mol. The van der Waals surface area contributed by atoms with Crippen LogP contribution in [0.1, 0.15) is 11.1 Å². The zero-order valence-electron chi connectivity index (χ0n) is 16.9. The molecule has 1 N–H and O–H groups in total. The van der Waals surface area contributed by atoms with E-state index < -0.39 is 5.91 Å².